The lowest BCUT2D eigenvalue weighted by Gasteiger charge is -2.00. The first-order valence-corrected chi connectivity index (χ1v) is 6.76. The zero-order valence-corrected chi connectivity index (χ0v) is 12.4. The third-order valence-electron chi connectivity index (χ3n) is 3.02. The van der Waals surface area contributed by atoms with Crippen molar-refractivity contribution in [1.82, 2.24) is 0 Å². The number of hydrogen-bond acceptors (Lipinski definition) is 4. The van der Waals surface area contributed by atoms with Crippen molar-refractivity contribution in [2.45, 2.75) is 0 Å². The first-order valence-electron chi connectivity index (χ1n) is 6.38. The van der Waals surface area contributed by atoms with Crippen LogP contribution in [0.3, 0.4) is 0 Å². The zero-order valence-electron chi connectivity index (χ0n) is 11.6. The van der Waals surface area contributed by atoms with E-state index >= 15 is 0 Å². The summed E-state index contributed by atoms with van der Waals surface area (Å²) in [6, 6.07) is 9.38. The minimum Gasteiger partial charge on any atom is -0.478 e. The summed E-state index contributed by atoms with van der Waals surface area (Å²) in [5, 5.41) is 19.6. The highest BCUT2D eigenvalue weighted by Gasteiger charge is 2.08. The highest BCUT2D eigenvalue weighted by molar-refractivity contribution is 6.32. The number of benzene rings is 2. The molecule has 2 aromatic rings. The number of non-ortho nitro benzene ring substituents is 1. The topological polar surface area (TPSA) is 97.5 Å². The maximum Gasteiger partial charge on any atom is 0.335 e. The van der Waals surface area contributed by atoms with Crippen molar-refractivity contribution in [2.75, 3.05) is 0 Å². The first-order chi connectivity index (χ1) is 10.9. The second-order valence-corrected chi connectivity index (χ2v) is 4.95. The van der Waals surface area contributed by atoms with E-state index in [0.717, 1.165) is 0 Å². The fourth-order valence-electron chi connectivity index (χ4n) is 1.80. The number of carboxylic acid groups (broad SMARTS) is 1. The summed E-state index contributed by atoms with van der Waals surface area (Å²) in [6.45, 7) is 0. The molecule has 0 heterocycles. The van der Waals surface area contributed by atoms with Gasteiger partial charge in [-0.2, -0.15) is 0 Å². The number of halogens is 1. The van der Waals surface area contributed by atoms with Gasteiger partial charge in [-0.25, -0.2) is 4.79 Å². The highest BCUT2D eigenvalue weighted by atomic mass is 35.5. The van der Waals surface area contributed by atoms with E-state index in [1.54, 1.807) is 0 Å². The van der Waals surface area contributed by atoms with Crippen LogP contribution in [0.5, 0.6) is 0 Å². The number of nitro groups is 1. The fraction of sp³-hybridized carbons (Fsp3) is 0. The van der Waals surface area contributed by atoms with Crippen LogP contribution in [-0.4, -0.2) is 21.8 Å². The Kier molecular flexibility index (Phi) is 4.88. The number of nitro benzene ring substituents is 1. The molecule has 116 valence electrons. The van der Waals surface area contributed by atoms with Gasteiger partial charge in [0, 0.05) is 22.7 Å². The van der Waals surface area contributed by atoms with Gasteiger partial charge < -0.3 is 5.11 Å². The SMILES string of the molecule is O=C(O)c1ccc(C=CC(=O)c2ccc([N+](=O)[O-])cc2)c(Cl)c1. The molecular formula is C16H10ClNO5. The summed E-state index contributed by atoms with van der Waals surface area (Å²) in [5.74, 6) is -1.44. The second kappa shape index (κ2) is 6.85. The summed E-state index contributed by atoms with van der Waals surface area (Å²) in [5.41, 5.74) is 0.740. The van der Waals surface area contributed by atoms with E-state index in [2.05, 4.69) is 0 Å². The number of rotatable bonds is 5. The van der Waals surface area contributed by atoms with Crippen molar-refractivity contribution in [3.63, 3.8) is 0 Å². The number of aromatic carboxylic acids is 1. The van der Waals surface area contributed by atoms with Crippen LogP contribution in [-0.2, 0) is 0 Å². The predicted molar refractivity (Wildman–Crippen MR) is 84.9 cm³/mol. The molecule has 0 bridgehead atoms. The molecule has 7 heteroatoms. The van der Waals surface area contributed by atoms with Gasteiger partial charge in [-0.3, -0.25) is 14.9 Å². The number of ketones is 1. The van der Waals surface area contributed by atoms with Gasteiger partial charge in [-0.05, 0) is 42.0 Å². The van der Waals surface area contributed by atoms with E-state index in [4.69, 9.17) is 16.7 Å². The maximum atomic E-state index is 12.0. The highest BCUT2D eigenvalue weighted by Crippen LogP contribution is 2.20. The van der Waals surface area contributed by atoms with Crippen molar-refractivity contribution in [2.24, 2.45) is 0 Å². The smallest absolute Gasteiger partial charge is 0.335 e. The van der Waals surface area contributed by atoms with Crippen LogP contribution in [0.15, 0.2) is 48.5 Å². The van der Waals surface area contributed by atoms with E-state index in [1.807, 2.05) is 0 Å². The van der Waals surface area contributed by atoms with Gasteiger partial charge in [0.15, 0.2) is 5.78 Å². The Hall–Kier alpha value is -2.99. The Morgan fingerprint density at radius 1 is 1.09 bits per heavy atom. The molecule has 0 aromatic heterocycles. The Balaban J connectivity index is 2.17. The predicted octanol–water partition coefficient (Wildman–Crippen LogP) is 3.84. The molecule has 0 spiro atoms. The van der Waals surface area contributed by atoms with Crippen LogP contribution in [0.1, 0.15) is 26.3 Å². The quantitative estimate of drug-likeness (QED) is 0.388. The first kappa shape index (κ1) is 16.4. The van der Waals surface area contributed by atoms with Crippen LogP contribution in [0, 0.1) is 10.1 Å². The van der Waals surface area contributed by atoms with Crippen LogP contribution in [0.25, 0.3) is 6.08 Å². The minimum atomic E-state index is -1.09. The van der Waals surface area contributed by atoms with Crippen molar-refractivity contribution < 1.29 is 19.6 Å². The lowest BCUT2D eigenvalue weighted by molar-refractivity contribution is -0.384. The summed E-state index contributed by atoms with van der Waals surface area (Å²) >= 11 is 5.96. The molecule has 6 nitrogen and oxygen atoms in total. The van der Waals surface area contributed by atoms with Gasteiger partial charge in [0.25, 0.3) is 5.69 Å². The summed E-state index contributed by atoms with van der Waals surface area (Å²) < 4.78 is 0. The Bertz CT molecular complexity index is 812. The number of carboxylic acids is 1. The van der Waals surface area contributed by atoms with Gasteiger partial charge in [0.2, 0.25) is 0 Å². The van der Waals surface area contributed by atoms with E-state index in [1.165, 1.54) is 54.6 Å². The average molecular weight is 332 g/mol. The van der Waals surface area contributed by atoms with Crippen LogP contribution in [0.4, 0.5) is 5.69 Å². The summed E-state index contributed by atoms with van der Waals surface area (Å²) in [7, 11) is 0. The Labute approximate surface area is 135 Å². The monoisotopic (exact) mass is 331 g/mol. The van der Waals surface area contributed by atoms with Crippen molar-refractivity contribution in [3.05, 3.63) is 80.4 Å². The van der Waals surface area contributed by atoms with E-state index < -0.39 is 10.9 Å². The maximum absolute atomic E-state index is 12.0. The van der Waals surface area contributed by atoms with E-state index in [0.29, 0.717) is 11.1 Å². The molecule has 23 heavy (non-hydrogen) atoms. The number of allylic oxidation sites excluding steroid dienone is 1. The molecular weight excluding hydrogens is 322 g/mol. The molecule has 0 aliphatic rings. The van der Waals surface area contributed by atoms with E-state index in [9.17, 15) is 19.7 Å². The van der Waals surface area contributed by atoms with Gasteiger partial charge in [0.05, 0.1) is 10.5 Å². The minimum absolute atomic E-state index is 0.0499. The Morgan fingerprint density at radius 2 is 1.70 bits per heavy atom. The number of carbonyl (C=O) groups excluding carboxylic acids is 1. The lowest BCUT2D eigenvalue weighted by atomic mass is 10.1. The average Bonchev–Trinajstić information content (AvgIpc) is 2.53. The normalized spacial score (nSPS) is 10.7. The molecule has 0 fully saturated rings. The number of hydrogen-bond donors (Lipinski definition) is 1. The standard InChI is InChI=1S/C16H10ClNO5/c17-14-9-12(16(20)21)2-1-10(14)5-8-15(19)11-3-6-13(7-4-11)18(22)23/h1-9H,(H,20,21). The second-order valence-electron chi connectivity index (χ2n) is 4.54. The third-order valence-corrected chi connectivity index (χ3v) is 3.35. The van der Waals surface area contributed by atoms with Crippen molar-refractivity contribution in [1.29, 1.82) is 0 Å². The van der Waals surface area contributed by atoms with Crippen molar-refractivity contribution in [3.8, 4) is 0 Å². The molecule has 0 saturated heterocycles. The van der Waals surface area contributed by atoms with Crippen molar-refractivity contribution >= 4 is 35.1 Å². The summed E-state index contributed by atoms with van der Waals surface area (Å²) in [6.07, 6.45) is 2.72. The third kappa shape index (κ3) is 4.02. The van der Waals surface area contributed by atoms with Crippen LogP contribution in [0.2, 0.25) is 5.02 Å². The lowest BCUT2D eigenvalue weighted by Crippen LogP contribution is -1.97. The van der Waals surface area contributed by atoms with E-state index in [-0.39, 0.29) is 22.1 Å². The molecule has 1 N–H and O–H groups in total. The largest absolute Gasteiger partial charge is 0.478 e. The van der Waals surface area contributed by atoms with Gasteiger partial charge in [-0.15, -0.1) is 0 Å². The molecule has 2 aromatic carbocycles. The number of nitrogens with zero attached hydrogens (tertiary/aromatic N) is 1. The fourth-order valence-corrected chi connectivity index (χ4v) is 2.05. The molecule has 0 atom stereocenters. The number of carbonyl (C=O) groups is 2. The molecule has 0 aliphatic heterocycles. The summed E-state index contributed by atoms with van der Waals surface area (Å²) in [4.78, 5) is 32.8. The molecule has 2 rings (SSSR count). The zero-order chi connectivity index (χ0) is 17.0. The van der Waals surface area contributed by atoms with Crippen LogP contribution >= 0.6 is 11.6 Å². The Morgan fingerprint density at radius 3 is 2.22 bits per heavy atom. The van der Waals surface area contributed by atoms with Gasteiger partial charge >= 0.3 is 5.97 Å². The molecule has 0 aliphatic carbocycles. The van der Waals surface area contributed by atoms with Crippen LogP contribution < -0.4 is 0 Å². The van der Waals surface area contributed by atoms with Gasteiger partial charge in [-0.1, -0.05) is 17.7 Å². The molecule has 0 unspecified atom stereocenters. The molecule has 0 amide bonds. The molecule has 0 saturated carbocycles. The van der Waals surface area contributed by atoms with Gasteiger partial charge in [0.1, 0.15) is 0 Å². The molecule has 0 radical (unpaired) electrons.